The number of nitro groups is 1. The second-order valence-electron chi connectivity index (χ2n) is 5.54. The van der Waals surface area contributed by atoms with Crippen LogP contribution in [0.25, 0.3) is 5.65 Å². The maximum atomic E-state index is 12.2. The molecule has 0 aliphatic rings. The van der Waals surface area contributed by atoms with E-state index in [1.165, 1.54) is 4.40 Å². The van der Waals surface area contributed by atoms with Crippen molar-refractivity contribution in [3.05, 3.63) is 70.4 Å². The Kier molecular flexibility index (Phi) is 4.60. The van der Waals surface area contributed by atoms with Crippen molar-refractivity contribution in [2.75, 3.05) is 5.32 Å². The summed E-state index contributed by atoms with van der Waals surface area (Å²) < 4.78 is 1.37. The highest BCUT2D eigenvalue weighted by molar-refractivity contribution is 5.84. The summed E-state index contributed by atoms with van der Waals surface area (Å²) in [6, 6.07) is 13.9. The van der Waals surface area contributed by atoms with Crippen LogP contribution in [0.3, 0.4) is 0 Å². The van der Waals surface area contributed by atoms with Crippen molar-refractivity contribution < 1.29 is 9.72 Å². The largest absolute Gasteiger partial charge is 0.372 e. The van der Waals surface area contributed by atoms with Crippen LogP contribution in [0.2, 0.25) is 0 Å². The van der Waals surface area contributed by atoms with Crippen molar-refractivity contribution in [1.29, 1.82) is 0 Å². The van der Waals surface area contributed by atoms with Gasteiger partial charge in [-0.1, -0.05) is 36.4 Å². The molecule has 8 heteroatoms. The minimum absolute atomic E-state index is 0.0681. The molecular formula is C17H17N5O3. The van der Waals surface area contributed by atoms with Crippen LogP contribution in [0.4, 0.5) is 11.6 Å². The maximum Gasteiger partial charge on any atom is 0.372 e. The second kappa shape index (κ2) is 7.00. The van der Waals surface area contributed by atoms with Crippen molar-refractivity contribution in [2.45, 2.75) is 19.5 Å². The SMILES string of the molecule is CC(Nc1nc2ccccn2c1[N+](=O)[O-])C(=O)NCc1ccccc1. The minimum atomic E-state index is -0.674. The van der Waals surface area contributed by atoms with Gasteiger partial charge in [-0.2, -0.15) is 9.38 Å². The summed E-state index contributed by atoms with van der Waals surface area (Å²) in [7, 11) is 0. The highest BCUT2D eigenvalue weighted by Crippen LogP contribution is 2.25. The first kappa shape index (κ1) is 16.4. The molecule has 0 saturated carbocycles. The molecule has 0 aliphatic carbocycles. The molecule has 25 heavy (non-hydrogen) atoms. The highest BCUT2D eigenvalue weighted by Gasteiger charge is 2.25. The molecule has 1 amide bonds. The Morgan fingerprint density at radius 2 is 1.96 bits per heavy atom. The number of nitrogens with one attached hydrogen (secondary N) is 2. The fourth-order valence-corrected chi connectivity index (χ4v) is 2.46. The Bertz CT molecular complexity index is 907. The number of imidazole rings is 1. The first-order chi connectivity index (χ1) is 12.1. The monoisotopic (exact) mass is 339 g/mol. The standard InChI is InChI=1S/C17H17N5O3/c1-12(16(23)18-11-13-7-3-2-4-8-13)19-15-17(22(24)25)21-10-6-5-9-14(21)20-15/h2-10,12,19H,11H2,1H3,(H,18,23). The van der Waals surface area contributed by atoms with Crippen LogP contribution in [0.5, 0.6) is 0 Å². The molecule has 3 aromatic rings. The molecule has 2 heterocycles. The van der Waals surface area contributed by atoms with E-state index in [4.69, 9.17) is 0 Å². The zero-order valence-corrected chi connectivity index (χ0v) is 13.5. The fourth-order valence-electron chi connectivity index (χ4n) is 2.46. The zero-order chi connectivity index (χ0) is 17.8. The van der Waals surface area contributed by atoms with Crippen LogP contribution >= 0.6 is 0 Å². The quantitative estimate of drug-likeness (QED) is 0.530. The van der Waals surface area contributed by atoms with E-state index in [-0.39, 0.29) is 17.5 Å². The van der Waals surface area contributed by atoms with Gasteiger partial charge in [-0.15, -0.1) is 0 Å². The molecule has 1 unspecified atom stereocenters. The number of anilines is 1. The van der Waals surface area contributed by atoms with Crippen LogP contribution in [0, 0.1) is 10.1 Å². The molecule has 3 rings (SSSR count). The van der Waals surface area contributed by atoms with Crippen molar-refractivity contribution in [2.24, 2.45) is 0 Å². The second-order valence-corrected chi connectivity index (χ2v) is 5.54. The molecule has 2 aromatic heterocycles. The lowest BCUT2D eigenvalue weighted by Gasteiger charge is -2.13. The Labute approximate surface area is 143 Å². The average molecular weight is 339 g/mol. The van der Waals surface area contributed by atoms with Crippen LogP contribution in [0.15, 0.2) is 54.7 Å². The molecule has 1 atom stereocenters. The summed E-state index contributed by atoms with van der Waals surface area (Å²) in [6.45, 7) is 2.02. The van der Waals surface area contributed by atoms with E-state index in [1.54, 1.807) is 31.3 Å². The van der Waals surface area contributed by atoms with Gasteiger partial charge < -0.3 is 20.7 Å². The van der Waals surface area contributed by atoms with E-state index in [0.717, 1.165) is 5.56 Å². The van der Waals surface area contributed by atoms with Crippen LogP contribution in [-0.2, 0) is 11.3 Å². The lowest BCUT2D eigenvalue weighted by molar-refractivity contribution is -0.389. The predicted octanol–water partition coefficient (Wildman–Crippen LogP) is 2.36. The molecule has 0 bridgehead atoms. The van der Waals surface area contributed by atoms with Gasteiger partial charge in [-0.25, -0.2) is 0 Å². The predicted molar refractivity (Wildman–Crippen MR) is 93.2 cm³/mol. The number of carbonyl (C=O) groups is 1. The van der Waals surface area contributed by atoms with Crippen LogP contribution in [0.1, 0.15) is 12.5 Å². The van der Waals surface area contributed by atoms with Gasteiger partial charge in [0.05, 0.1) is 6.20 Å². The summed E-state index contributed by atoms with van der Waals surface area (Å²) in [5.41, 5.74) is 1.41. The smallest absolute Gasteiger partial charge is 0.358 e. The van der Waals surface area contributed by atoms with E-state index in [9.17, 15) is 14.9 Å². The van der Waals surface area contributed by atoms with Gasteiger partial charge in [0.1, 0.15) is 6.04 Å². The summed E-state index contributed by atoms with van der Waals surface area (Å²) in [5, 5.41) is 17.0. The number of nitrogens with zero attached hydrogens (tertiary/aromatic N) is 3. The van der Waals surface area contributed by atoms with Crippen molar-refractivity contribution >= 4 is 23.2 Å². The molecule has 0 fully saturated rings. The van der Waals surface area contributed by atoms with Gasteiger partial charge in [-0.3, -0.25) is 4.79 Å². The third-order valence-corrected chi connectivity index (χ3v) is 3.73. The Morgan fingerprint density at radius 1 is 1.24 bits per heavy atom. The maximum absolute atomic E-state index is 12.2. The van der Waals surface area contributed by atoms with E-state index < -0.39 is 11.0 Å². The lowest BCUT2D eigenvalue weighted by atomic mass is 10.2. The van der Waals surface area contributed by atoms with Gasteiger partial charge in [-0.05, 0) is 23.5 Å². The zero-order valence-electron chi connectivity index (χ0n) is 13.5. The van der Waals surface area contributed by atoms with E-state index in [0.29, 0.717) is 12.2 Å². The number of pyridine rings is 1. The first-order valence-corrected chi connectivity index (χ1v) is 7.76. The van der Waals surface area contributed by atoms with Crippen LogP contribution < -0.4 is 10.6 Å². The van der Waals surface area contributed by atoms with Gasteiger partial charge >= 0.3 is 5.82 Å². The normalized spacial score (nSPS) is 11.9. The highest BCUT2D eigenvalue weighted by atomic mass is 16.6. The molecule has 2 N–H and O–H groups in total. The Hall–Kier alpha value is -3.42. The third-order valence-electron chi connectivity index (χ3n) is 3.73. The topological polar surface area (TPSA) is 102 Å². The van der Waals surface area contributed by atoms with Crippen molar-refractivity contribution in [1.82, 2.24) is 14.7 Å². The number of hydrogen-bond acceptors (Lipinski definition) is 5. The number of fused-ring (bicyclic) bond motifs is 1. The number of carbonyl (C=O) groups excluding carboxylic acids is 1. The molecule has 0 aliphatic heterocycles. The van der Waals surface area contributed by atoms with E-state index in [1.807, 2.05) is 30.3 Å². The molecule has 1 aromatic carbocycles. The average Bonchev–Trinajstić information content (AvgIpc) is 2.98. The summed E-state index contributed by atoms with van der Waals surface area (Å²) >= 11 is 0. The molecule has 128 valence electrons. The lowest BCUT2D eigenvalue weighted by Crippen LogP contribution is -2.37. The van der Waals surface area contributed by atoms with Gasteiger partial charge in [0.25, 0.3) is 0 Å². The molecule has 8 nitrogen and oxygen atoms in total. The fraction of sp³-hybridized carbons (Fsp3) is 0.176. The number of rotatable bonds is 6. The van der Waals surface area contributed by atoms with Gasteiger partial charge in [0.15, 0.2) is 0 Å². The molecular weight excluding hydrogens is 322 g/mol. The van der Waals surface area contributed by atoms with Crippen LogP contribution in [-0.4, -0.2) is 26.3 Å². The molecule has 0 spiro atoms. The minimum Gasteiger partial charge on any atom is -0.358 e. The number of benzene rings is 1. The number of aromatic nitrogens is 2. The molecule has 0 radical (unpaired) electrons. The summed E-state index contributed by atoms with van der Waals surface area (Å²) in [5.74, 6) is -0.396. The van der Waals surface area contributed by atoms with Crippen molar-refractivity contribution in [3.8, 4) is 0 Å². The van der Waals surface area contributed by atoms with Gasteiger partial charge in [0, 0.05) is 12.6 Å². The Balaban J connectivity index is 1.73. The van der Waals surface area contributed by atoms with E-state index in [2.05, 4.69) is 15.6 Å². The summed E-state index contributed by atoms with van der Waals surface area (Å²) in [6.07, 6.45) is 1.56. The number of amides is 1. The first-order valence-electron chi connectivity index (χ1n) is 7.76. The number of hydrogen-bond donors (Lipinski definition) is 2. The third kappa shape index (κ3) is 3.57. The summed E-state index contributed by atoms with van der Waals surface area (Å²) in [4.78, 5) is 27.3. The van der Waals surface area contributed by atoms with Crippen molar-refractivity contribution in [3.63, 3.8) is 0 Å². The van der Waals surface area contributed by atoms with E-state index >= 15 is 0 Å². The Morgan fingerprint density at radius 3 is 2.68 bits per heavy atom. The van der Waals surface area contributed by atoms with Gasteiger partial charge in [0.2, 0.25) is 17.4 Å². The molecule has 0 saturated heterocycles.